The number of carbonyl (C=O) groups is 1. The molecule has 1 aromatic carbocycles. The highest BCUT2D eigenvalue weighted by molar-refractivity contribution is 6.03. The third kappa shape index (κ3) is 3.00. The monoisotopic (exact) mass is 347 g/mol. The van der Waals surface area contributed by atoms with Gasteiger partial charge in [-0.15, -0.1) is 0 Å². The molecular formula is C18H22FN3O3. The van der Waals surface area contributed by atoms with Crippen molar-refractivity contribution in [2.45, 2.75) is 32.7 Å². The number of nitrogens with zero attached hydrogens (tertiary/aromatic N) is 1. The molecule has 0 saturated carbocycles. The molecular weight excluding hydrogens is 325 g/mol. The first kappa shape index (κ1) is 17.4. The van der Waals surface area contributed by atoms with Gasteiger partial charge in [-0.3, -0.25) is 9.59 Å². The fourth-order valence-corrected chi connectivity index (χ4v) is 3.42. The predicted octanol–water partition coefficient (Wildman–Crippen LogP) is 1.69. The molecule has 6 nitrogen and oxygen atoms in total. The van der Waals surface area contributed by atoms with Crippen LogP contribution in [0.5, 0.6) is 5.75 Å². The molecule has 25 heavy (non-hydrogen) atoms. The Kier molecular flexibility index (Phi) is 4.76. The molecule has 3 rings (SSSR count). The summed E-state index contributed by atoms with van der Waals surface area (Å²) >= 11 is 0. The average molecular weight is 347 g/mol. The Morgan fingerprint density at radius 2 is 2.16 bits per heavy atom. The van der Waals surface area contributed by atoms with Gasteiger partial charge in [0.15, 0.2) is 0 Å². The lowest BCUT2D eigenvalue weighted by Crippen LogP contribution is -2.38. The van der Waals surface area contributed by atoms with E-state index in [4.69, 9.17) is 0 Å². The Balaban J connectivity index is 2.14. The van der Waals surface area contributed by atoms with E-state index in [1.165, 1.54) is 16.7 Å². The maximum Gasteiger partial charge on any atom is 0.267 e. The second kappa shape index (κ2) is 6.84. The van der Waals surface area contributed by atoms with Gasteiger partial charge in [0.25, 0.3) is 11.5 Å². The fraction of sp³-hybridized carbons (Fsp3) is 0.444. The minimum Gasteiger partial charge on any atom is -0.506 e. The lowest BCUT2D eigenvalue weighted by molar-refractivity contribution is 0.0949. The summed E-state index contributed by atoms with van der Waals surface area (Å²) in [6.07, 6.45) is 1.31. The molecule has 1 atom stereocenters. The second-order valence-corrected chi connectivity index (χ2v) is 6.36. The summed E-state index contributed by atoms with van der Waals surface area (Å²) in [5.74, 6) is -1.59. The Hall–Kier alpha value is -2.41. The number of aryl methyl sites for hydroxylation is 1. The molecule has 0 bridgehead atoms. The van der Waals surface area contributed by atoms with Gasteiger partial charge in [-0.05, 0) is 44.0 Å². The number of amides is 1. The number of aromatic nitrogens is 1. The largest absolute Gasteiger partial charge is 0.506 e. The molecule has 3 N–H and O–H groups in total. The molecule has 2 aromatic rings. The maximum absolute atomic E-state index is 13.9. The number of aromatic hydroxyl groups is 1. The van der Waals surface area contributed by atoms with E-state index in [9.17, 15) is 19.1 Å². The van der Waals surface area contributed by atoms with Crippen molar-refractivity contribution in [3.05, 3.63) is 39.4 Å². The van der Waals surface area contributed by atoms with Crippen LogP contribution in [0.3, 0.4) is 0 Å². The highest BCUT2D eigenvalue weighted by Crippen LogP contribution is 2.35. The fourth-order valence-electron chi connectivity index (χ4n) is 3.42. The van der Waals surface area contributed by atoms with Crippen LogP contribution in [-0.2, 0) is 6.42 Å². The van der Waals surface area contributed by atoms with Crippen molar-refractivity contribution in [1.29, 1.82) is 0 Å². The number of pyridine rings is 1. The quantitative estimate of drug-likeness (QED) is 0.719. The number of rotatable bonds is 5. The van der Waals surface area contributed by atoms with Gasteiger partial charge >= 0.3 is 0 Å². The minimum absolute atomic E-state index is 0.123. The van der Waals surface area contributed by atoms with Crippen molar-refractivity contribution in [3.63, 3.8) is 0 Å². The van der Waals surface area contributed by atoms with Gasteiger partial charge < -0.3 is 20.3 Å². The molecule has 2 heterocycles. The average Bonchev–Trinajstić information content (AvgIpc) is 2.57. The smallest absolute Gasteiger partial charge is 0.267 e. The van der Waals surface area contributed by atoms with E-state index in [1.807, 2.05) is 13.8 Å². The van der Waals surface area contributed by atoms with Crippen molar-refractivity contribution in [3.8, 4) is 5.75 Å². The Morgan fingerprint density at radius 3 is 2.88 bits per heavy atom. The molecule has 0 spiro atoms. The molecule has 0 radical (unpaired) electrons. The Bertz CT molecular complexity index is 891. The highest BCUT2D eigenvalue weighted by atomic mass is 19.1. The van der Waals surface area contributed by atoms with Crippen molar-refractivity contribution in [1.82, 2.24) is 15.2 Å². The lowest BCUT2D eigenvalue weighted by Gasteiger charge is -2.26. The van der Waals surface area contributed by atoms with Gasteiger partial charge in [-0.1, -0.05) is 6.92 Å². The summed E-state index contributed by atoms with van der Waals surface area (Å²) in [4.78, 5) is 25.3. The SMILES string of the molecule is CCNCCNC(=O)c1c(O)c2cc(F)cc3c2n(c1=O)C(C)CC3. The summed E-state index contributed by atoms with van der Waals surface area (Å²) in [5, 5.41) is 16.4. The van der Waals surface area contributed by atoms with E-state index in [-0.39, 0.29) is 17.0 Å². The number of carbonyl (C=O) groups excluding carboxylic acids is 1. The van der Waals surface area contributed by atoms with E-state index in [1.54, 1.807) is 0 Å². The van der Waals surface area contributed by atoms with Crippen LogP contribution in [0.25, 0.3) is 10.9 Å². The number of halogens is 1. The van der Waals surface area contributed by atoms with Crippen LogP contribution in [0.1, 0.15) is 42.2 Å². The standard InChI is InChI=1S/C18H22FN3O3/c1-3-20-6-7-21-17(24)14-16(23)13-9-12(19)8-11-5-4-10(2)22(15(11)13)18(14)25/h8-10,20,23H,3-7H2,1-2H3,(H,21,24). The molecule has 1 amide bonds. The second-order valence-electron chi connectivity index (χ2n) is 6.36. The number of likely N-dealkylation sites (N-methyl/N-ethyl adjacent to an activating group) is 1. The first-order valence-electron chi connectivity index (χ1n) is 8.54. The maximum atomic E-state index is 13.9. The third-order valence-corrected chi connectivity index (χ3v) is 4.66. The minimum atomic E-state index is -0.644. The van der Waals surface area contributed by atoms with Gasteiger partial charge in [-0.25, -0.2) is 4.39 Å². The summed E-state index contributed by atoms with van der Waals surface area (Å²) in [5.41, 5.74) is 0.340. The van der Waals surface area contributed by atoms with Crippen LogP contribution in [0.4, 0.5) is 4.39 Å². The number of hydrogen-bond donors (Lipinski definition) is 3. The van der Waals surface area contributed by atoms with Crippen LogP contribution in [0.2, 0.25) is 0 Å². The van der Waals surface area contributed by atoms with E-state index in [0.29, 0.717) is 37.0 Å². The summed E-state index contributed by atoms with van der Waals surface area (Å²) in [6.45, 7) is 5.48. The van der Waals surface area contributed by atoms with Crippen LogP contribution < -0.4 is 16.2 Å². The van der Waals surface area contributed by atoms with E-state index in [0.717, 1.165) is 6.54 Å². The van der Waals surface area contributed by atoms with Gasteiger partial charge in [0.1, 0.15) is 17.1 Å². The van der Waals surface area contributed by atoms with Crippen molar-refractivity contribution < 1.29 is 14.3 Å². The van der Waals surface area contributed by atoms with Crippen LogP contribution in [0.15, 0.2) is 16.9 Å². The van der Waals surface area contributed by atoms with Gasteiger partial charge in [0.2, 0.25) is 0 Å². The van der Waals surface area contributed by atoms with Gasteiger partial charge in [-0.2, -0.15) is 0 Å². The Labute approximate surface area is 144 Å². The van der Waals surface area contributed by atoms with E-state index >= 15 is 0 Å². The van der Waals surface area contributed by atoms with E-state index in [2.05, 4.69) is 10.6 Å². The molecule has 0 fully saturated rings. The lowest BCUT2D eigenvalue weighted by atomic mass is 9.95. The highest BCUT2D eigenvalue weighted by Gasteiger charge is 2.28. The zero-order valence-corrected chi connectivity index (χ0v) is 14.4. The molecule has 1 unspecified atom stereocenters. The Morgan fingerprint density at radius 1 is 1.40 bits per heavy atom. The van der Waals surface area contributed by atoms with Crippen LogP contribution in [-0.4, -0.2) is 35.2 Å². The third-order valence-electron chi connectivity index (χ3n) is 4.66. The number of hydrogen-bond acceptors (Lipinski definition) is 4. The molecule has 1 aromatic heterocycles. The predicted molar refractivity (Wildman–Crippen MR) is 93.7 cm³/mol. The van der Waals surface area contributed by atoms with Crippen molar-refractivity contribution in [2.24, 2.45) is 0 Å². The van der Waals surface area contributed by atoms with E-state index < -0.39 is 23.0 Å². The van der Waals surface area contributed by atoms with Crippen molar-refractivity contribution >= 4 is 16.8 Å². The summed E-state index contributed by atoms with van der Waals surface area (Å²) in [7, 11) is 0. The van der Waals surface area contributed by atoms with Gasteiger partial charge in [0, 0.05) is 24.5 Å². The molecule has 7 heteroatoms. The molecule has 134 valence electrons. The molecule has 0 aliphatic carbocycles. The molecule has 1 aliphatic rings. The number of benzene rings is 1. The summed E-state index contributed by atoms with van der Waals surface area (Å²) in [6, 6.07) is 2.44. The number of nitrogens with one attached hydrogen (secondary N) is 2. The first-order chi connectivity index (χ1) is 12.0. The molecule has 0 saturated heterocycles. The van der Waals surface area contributed by atoms with Crippen molar-refractivity contribution in [2.75, 3.05) is 19.6 Å². The topological polar surface area (TPSA) is 83.4 Å². The molecule has 1 aliphatic heterocycles. The zero-order chi connectivity index (χ0) is 18.1. The van der Waals surface area contributed by atoms with Gasteiger partial charge in [0.05, 0.1) is 5.52 Å². The normalized spacial score (nSPS) is 16.2. The first-order valence-corrected chi connectivity index (χ1v) is 8.54. The zero-order valence-electron chi connectivity index (χ0n) is 14.4. The van der Waals surface area contributed by atoms with Crippen LogP contribution in [0, 0.1) is 5.82 Å². The van der Waals surface area contributed by atoms with Crippen LogP contribution >= 0.6 is 0 Å². The summed E-state index contributed by atoms with van der Waals surface area (Å²) < 4.78 is 15.4.